The minimum Gasteiger partial charge on any atom is -0.394 e. The first-order valence-corrected chi connectivity index (χ1v) is 7.69. The number of hydrogen-bond acceptors (Lipinski definition) is 4. The second-order valence-corrected chi connectivity index (χ2v) is 5.80. The average Bonchev–Trinajstić information content (AvgIpc) is 2.45. The zero-order valence-corrected chi connectivity index (χ0v) is 12.7. The van der Waals surface area contributed by atoms with Gasteiger partial charge in [-0.15, -0.1) is 11.8 Å². The second kappa shape index (κ2) is 7.42. The number of aliphatic hydroxyl groups is 1. The van der Waals surface area contributed by atoms with Gasteiger partial charge in [-0.05, 0) is 30.7 Å². The van der Waals surface area contributed by atoms with E-state index in [2.05, 4.69) is 18.3 Å². The lowest BCUT2D eigenvalue weighted by Gasteiger charge is -2.32. The zero-order chi connectivity index (χ0) is 14.3. The molecule has 104 valence electrons. The third kappa shape index (κ3) is 3.65. The Labute approximate surface area is 120 Å². The number of thioether (sulfide) groups is 1. The van der Waals surface area contributed by atoms with Crippen LogP contribution in [0.5, 0.6) is 0 Å². The van der Waals surface area contributed by atoms with Crippen molar-refractivity contribution in [2.24, 2.45) is 0 Å². The van der Waals surface area contributed by atoms with Crippen LogP contribution in [0.2, 0.25) is 0 Å². The summed E-state index contributed by atoms with van der Waals surface area (Å²) in [5.74, 6) is 0.935. The summed E-state index contributed by atoms with van der Waals surface area (Å²) in [5.41, 5.74) is 1.15. The van der Waals surface area contributed by atoms with E-state index >= 15 is 0 Å². The van der Waals surface area contributed by atoms with Crippen LogP contribution in [0.1, 0.15) is 39.2 Å². The van der Waals surface area contributed by atoms with Crippen molar-refractivity contribution in [2.45, 2.75) is 44.0 Å². The largest absolute Gasteiger partial charge is 0.394 e. The standard InChI is InChI=1S/C15H22N2OS/c1-4-15(5-2,11-18)17-13-8-7-9-14(19-6-3)12(13)10-16/h7-9,17-18H,4-6,11H2,1-3H3. The lowest BCUT2D eigenvalue weighted by molar-refractivity contribution is 0.202. The van der Waals surface area contributed by atoms with E-state index in [-0.39, 0.29) is 12.1 Å². The molecule has 0 radical (unpaired) electrons. The van der Waals surface area contributed by atoms with E-state index in [1.165, 1.54) is 0 Å². The molecule has 3 nitrogen and oxygen atoms in total. The van der Waals surface area contributed by atoms with Crippen molar-refractivity contribution in [3.8, 4) is 6.07 Å². The number of anilines is 1. The molecular formula is C15H22N2OS. The topological polar surface area (TPSA) is 56.0 Å². The summed E-state index contributed by atoms with van der Waals surface area (Å²) >= 11 is 1.66. The summed E-state index contributed by atoms with van der Waals surface area (Å²) in [7, 11) is 0. The molecule has 0 bridgehead atoms. The van der Waals surface area contributed by atoms with Crippen LogP contribution in [-0.2, 0) is 0 Å². The van der Waals surface area contributed by atoms with E-state index in [9.17, 15) is 10.4 Å². The molecule has 0 atom stereocenters. The van der Waals surface area contributed by atoms with Crippen molar-refractivity contribution in [3.05, 3.63) is 23.8 Å². The maximum Gasteiger partial charge on any atom is 0.102 e. The summed E-state index contributed by atoms with van der Waals surface area (Å²) in [6.45, 7) is 6.23. The molecule has 0 fully saturated rings. The molecule has 0 saturated carbocycles. The fraction of sp³-hybridized carbons (Fsp3) is 0.533. The van der Waals surface area contributed by atoms with Crippen LogP contribution in [-0.4, -0.2) is 23.0 Å². The first-order valence-electron chi connectivity index (χ1n) is 6.71. The van der Waals surface area contributed by atoms with E-state index in [4.69, 9.17) is 0 Å². The Balaban J connectivity index is 3.14. The van der Waals surface area contributed by atoms with Gasteiger partial charge in [-0.2, -0.15) is 5.26 Å². The summed E-state index contributed by atoms with van der Waals surface area (Å²) < 4.78 is 0. The van der Waals surface area contributed by atoms with Crippen molar-refractivity contribution in [3.63, 3.8) is 0 Å². The fourth-order valence-electron chi connectivity index (χ4n) is 2.00. The first kappa shape index (κ1) is 15.9. The molecule has 0 saturated heterocycles. The number of nitrogens with zero attached hydrogens (tertiary/aromatic N) is 1. The molecule has 0 unspecified atom stereocenters. The Morgan fingerprint density at radius 3 is 2.47 bits per heavy atom. The summed E-state index contributed by atoms with van der Waals surface area (Å²) in [6, 6.07) is 8.11. The summed E-state index contributed by atoms with van der Waals surface area (Å²) in [4.78, 5) is 0.994. The van der Waals surface area contributed by atoms with E-state index in [1.807, 2.05) is 32.0 Å². The number of aliphatic hydroxyl groups excluding tert-OH is 1. The highest BCUT2D eigenvalue weighted by atomic mass is 32.2. The van der Waals surface area contributed by atoms with Crippen LogP contribution in [0.25, 0.3) is 0 Å². The SMILES string of the molecule is CCSc1cccc(NC(CC)(CC)CO)c1C#N. The molecule has 0 aromatic heterocycles. The van der Waals surface area contributed by atoms with Gasteiger partial charge in [0.2, 0.25) is 0 Å². The molecular weight excluding hydrogens is 256 g/mol. The van der Waals surface area contributed by atoms with Crippen LogP contribution < -0.4 is 5.32 Å². The van der Waals surface area contributed by atoms with E-state index in [0.717, 1.165) is 29.2 Å². The maximum absolute atomic E-state index is 9.62. The third-order valence-electron chi connectivity index (χ3n) is 3.49. The van der Waals surface area contributed by atoms with E-state index < -0.39 is 0 Å². The minimum atomic E-state index is -0.346. The monoisotopic (exact) mass is 278 g/mol. The molecule has 4 heteroatoms. The zero-order valence-electron chi connectivity index (χ0n) is 11.9. The van der Waals surface area contributed by atoms with Gasteiger partial charge in [0.25, 0.3) is 0 Å². The number of nitrogens with one attached hydrogen (secondary N) is 1. The lowest BCUT2D eigenvalue weighted by atomic mass is 9.93. The molecule has 2 N–H and O–H groups in total. The van der Waals surface area contributed by atoms with Crippen molar-refractivity contribution in [1.82, 2.24) is 0 Å². The molecule has 19 heavy (non-hydrogen) atoms. The minimum absolute atomic E-state index is 0.0655. The van der Waals surface area contributed by atoms with Gasteiger partial charge < -0.3 is 10.4 Å². The number of rotatable bonds is 7. The van der Waals surface area contributed by atoms with Gasteiger partial charge in [-0.25, -0.2) is 0 Å². The molecule has 1 aromatic rings. The van der Waals surface area contributed by atoms with Crippen LogP contribution in [0, 0.1) is 11.3 Å². The van der Waals surface area contributed by atoms with Crippen molar-refractivity contribution in [2.75, 3.05) is 17.7 Å². The van der Waals surface area contributed by atoms with Gasteiger partial charge in [0.05, 0.1) is 23.4 Å². The van der Waals surface area contributed by atoms with Gasteiger partial charge >= 0.3 is 0 Å². The molecule has 0 spiro atoms. The highest BCUT2D eigenvalue weighted by Crippen LogP contribution is 2.31. The maximum atomic E-state index is 9.62. The van der Waals surface area contributed by atoms with Crippen molar-refractivity contribution < 1.29 is 5.11 Å². The normalized spacial score (nSPS) is 11.1. The highest BCUT2D eigenvalue weighted by Gasteiger charge is 2.26. The highest BCUT2D eigenvalue weighted by molar-refractivity contribution is 7.99. The van der Waals surface area contributed by atoms with Crippen LogP contribution in [0.15, 0.2) is 23.1 Å². The molecule has 0 aliphatic rings. The molecule has 0 heterocycles. The Hall–Kier alpha value is -1.18. The van der Waals surface area contributed by atoms with Crippen LogP contribution in [0.3, 0.4) is 0 Å². The van der Waals surface area contributed by atoms with Crippen molar-refractivity contribution >= 4 is 17.4 Å². The summed E-state index contributed by atoms with van der Waals surface area (Å²) in [5, 5.41) is 22.4. The van der Waals surface area contributed by atoms with Gasteiger partial charge in [0, 0.05) is 4.90 Å². The predicted octanol–water partition coefficient (Wildman–Crippen LogP) is 3.63. The van der Waals surface area contributed by atoms with Gasteiger partial charge in [-0.1, -0.05) is 26.8 Å². The Morgan fingerprint density at radius 1 is 1.32 bits per heavy atom. The fourth-order valence-corrected chi connectivity index (χ4v) is 2.79. The third-order valence-corrected chi connectivity index (χ3v) is 4.43. The van der Waals surface area contributed by atoms with E-state index in [1.54, 1.807) is 11.8 Å². The molecule has 1 aromatic carbocycles. The van der Waals surface area contributed by atoms with Gasteiger partial charge in [0.1, 0.15) is 6.07 Å². The Kier molecular flexibility index (Phi) is 6.20. The van der Waals surface area contributed by atoms with Gasteiger partial charge in [0.15, 0.2) is 0 Å². The smallest absolute Gasteiger partial charge is 0.102 e. The average molecular weight is 278 g/mol. The molecule has 0 aliphatic heterocycles. The van der Waals surface area contributed by atoms with E-state index in [0.29, 0.717) is 5.56 Å². The Bertz CT molecular complexity index is 442. The van der Waals surface area contributed by atoms with Crippen molar-refractivity contribution in [1.29, 1.82) is 5.26 Å². The number of nitriles is 1. The number of benzene rings is 1. The Morgan fingerprint density at radius 2 is 2.00 bits per heavy atom. The molecule has 0 amide bonds. The van der Waals surface area contributed by atoms with Crippen LogP contribution in [0.4, 0.5) is 5.69 Å². The molecule has 1 rings (SSSR count). The van der Waals surface area contributed by atoms with Crippen LogP contribution >= 0.6 is 11.8 Å². The second-order valence-electron chi connectivity index (χ2n) is 4.49. The molecule has 0 aliphatic carbocycles. The van der Waals surface area contributed by atoms with Gasteiger partial charge in [-0.3, -0.25) is 0 Å². The predicted molar refractivity (Wildman–Crippen MR) is 81.6 cm³/mol. The first-order chi connectivity index (χ1) is 9.16. The quantitative estimate of drug-likeness (QED) is 0.748. The summed E-state index contributed by atoms with van der Waals surface area (Å²) in [6.07, 6.45) is 1.63. The number of hydrogen-bond donors (Lipinski definition) is 2. The lowest BCUT2D eigenvalue weighted by Crippen LogP contribution is -2.41.